The molecule has 20 heavy (non-hydrogen) atoms. The van der Waals surface area contributed by atoms with Gasteiger partial charge in [0.05, 0.1) is 23.9 Å². The summed E-state index contributed by atoms with van der Waals surface area (Å²) >= 11 is 1.21. The molecule has 8 heteroatoms. The van der Waals surface area contributed by atoms with Gasteiger partial charge in [0.15, 0.2) is 5.13 Å². The van der Waals surface area contributed by atoms with Crippen molar-refractivity contribution in [2.24, 2.45) is 0 Å². The summed E-state index contributed by atoms with van der Waals surface area (Å²) in [4.78, 5) is 33.4. The molecule has 0 aliphatic carbocycles. The van der Waals surface area contributed by atoms with Gasteiger partial charge in [-0.1, -0.05) is 23.2 Å². The molecule has 0 aliphatic rings. The fourth-order valence-electron chi connectivity index (χ4n) is 1.22. The van der Waals surface area contributed by atoms with Crippen LogP contribution in [0.3, 0.4) is 0 Å². The smallest absolute Gasteiger partial charge is 0.277 e. The van der Waals surface area contributed by atoms with Gasteiger partial charge in [-0.3, -0.25) is 14.9 Å². The zero-order valence-electron chi connectivity index (χ0n) is 10.2. The highest BCUT2D eigenvalue weighted by atomic mass is 32.1. The van der Waals surface area contributed by atoms with Crippen LogP contribution in [0.1, 0.15) is 21.8 Å². The number of carbonyl (C=O) groups is 1. The lowest BCUT2D eigenvalue weighted by Gasteiger charge is -1.98. The second kappa shape index (κ2) is 6.60. The van der Waals surface area contributed by atoms with Crippen molar-refractivity contribution in [3.63, 3.8) is 0 Å². The number of hydrogen-bond acceptors (Lipinski definition) is 6. The Morgan fingerprint density at radius 1 is 1.45 bits per heavy atom. The fourth-order valence-corrected chi connectivity index (χ4v) is 1.91. The van der Waals surface area contributed by atoms with Gasteiger partial charge in [-0.2, -0.15) is 0 Å². The Morgan fingerprint density at radius 3 is 3.00 bits per heavy atom. The van der Waals surface area contributed by atoms with E-state index in [0.29, 0.717) is 16.4 Å². The summed E-state index contributed by atoms with van der Waals surface area (Å²) in [7, 11) is 0. The monoisotopic (exact) mass is 290 g/mol. The molecule has 0 aliphatic heterocycles. The first-order chi connectivity index (χ1) is 9.69. The number of aliphatic hydroxyl groups excluding tert-OH is 1. The third-order valence-corrected chi connectivity index (χ3v) is 2.91. The van der Waals surface area contributed by atoms with E-state index in [9.17, 15) is 9.59 Å². The highest BCUT2D eigenvalue weighted by Gasteiger charge is 2.09. The zero-order chi connectivity index (χ0) is 14.4. The standard InChI is InChI=1S/C12H10N4O3S/c17-4-2-1-3-8-5-15-12(20-8)16-11(19)9-6-14-10(18)7-13-9/h5-7,17H,2,4H2,(H,14,18)(H,15,16,19). The number of aliphatic hydroxyl groups is 1. The summed E-state index contributed by atoms with van der Waals surface area (Å²) in [5.74, 6) is 5.11. The molecule has 0 radical (unpaired) electrons. The second-order valence-corrected chi connectivity index (χ2v) is 4.59. The molecule has 2 rings (SSSR count). The van der Waals surface area contributed by atoms with Gasteiger partial charge in [-0.05, 0) is 0 Å². The minimum Gasteiger partial charge on any atom is -0.395 e. The van der Waals surface area contributed by atoms with Gasteiger partial charge >= 0.3 is 0 Å². The molecule has 0 saturated heterocycles. The van der Waals surface area contributed by atoms with Crippen molar-refractivity contribution >= 4 is 22.4 Å². The number of aromatic nitrogens is 3. The Labute approximate surface area is 117 Å². The van der Waals surface area contributed by atoms with Crippen LogP contribution < -0.4 is 10.9 Å². The van der Waals surface area contributed by atoms with Crippen LogP contribution in [0, 0.1) is 11.8 Å². The van der Waals surface area contributed by atoms with Gasteiger partial charge in [-0.15, -0.1) is 0 Å². The molecule has 0 saturated carbocycles. The Hall–Kier alpha value is -2.50. The molecule has 3 N–H and O–H groups in total. The predicted octanol–water partition coefficient (Wildman–Crippen LogP) is 0.213. The van der Waals surface area contributed by atoms with Crippen LogP contribution in [-0.4, -0.2) is 32.6 Å². The minimum atomic E-state index is -0.467. The second-order valence-electron chi connectivity index (χ2n) is 3.56. The van der Waals surface area contributed by atoms with Gasteiger partial charge in [0.2, 0.25) is 0 Å². The number of aromatic amines is 1. The average molecular weight is 290 g/mol. The summed E-state index contributed by atoms with van der Waals surface area (Å²) < 4.78 is 0. The zero-order valence-corrected chi connectivity index (χ0v) is 11.0. The number of anilines is 1. The molecule has 0 atom stereocenters. The summed E-state index contributed by atoms with van der Waals surface area (Å²) in [5, 5.41) is 11.6. The van der Waals surface area contributed by atoms with Gasteiger partial charge in [0.25, 0.3) is 11.5 Å². The normalized spacial score (nSPS) is 9.65. The largest absolute Gasteiger partial charge is 0.395 e. The van der Waals surface area contributed by atoms with Crippen LogP contribution in [0.15, 0.2) is 23.4 Å². The first-order valence-corrected chi connectivity index (χ1v) is 6.42. The molecular weight excluding hydrogens is 280 g/mol. The van der Waals surface area contributed by atoms with E-state index in [4.69, 9.17) is 5.11 Å². The highest BCUT2D eigenvalue weighted by Crippen LogP contribution is 2.17. The SMILES string of the molecule is O=C(Nc1ncc(C#CCCO)s1)c1c[nH]c(=O)cn1. The summed E-state index contributed by atoms with van der Waals surface area (Å²) in [5.41, 5.74) is -0.287. The summed E-state index contributed by atoms with van der Waals surface area (Å²) in [6.45, 7) is 0.00722. The molecule has 0 unspecified atom stereocenters. The van der Waals surface area contributed by atoms with Crippen molar-refractivity contribution in [3.8, 4) is 11.8 Å². The predicted molar refractivity (Wildman–Crippen MR) is 73.5 cm³/mol. The maximum Gasteiger partial charge on any atom is 0.277 e. The van der Waals surface area contributed by atoms with E-state index >= 15 is 0 Å². The van der Waals surface area contributed by atoms with E-state index in [0.717, 1.165) is 6.20 Å². The lowest BCUT2D eigenvalue weighted by atomic mass is 10.4. The molecular formula is C12H10N4O3S. The first kappa shape index (κ1) is 13.9. The van der Waals surface area contributed by atoms with Gasteiger partial charge in [0, 0.05) is 12.6 Å². The molecule has 0 aromatic carbocycles. The van der Waals surface area contributed by atoms with Crippen molar-refractivity contribution in [1.29, 1.82) is 0 Å². The van der Waals surface area contributed by atoms with Gasteiger partial charge < -0.3 is 10.1 Å². The van der Waals surface area contributed by atoms with Crippen molar-refractivity contribution in [2.75, 3.05) is 11.9 Å². The number of amides is 1. The number of carbonyl (C=O) groups excluding carboxylic acids is 1. The van der Waals surface area contributed by atoms with Gasteiger partial charge in [0.1, 0.15) is 5.69 Å². The van der Waals surface area contributed by atoms with E-state index in [2.05, 4.69) is 32.1 Å². The van der Waals surface area contributed by atoms with Crippen LogP contribution >= 0.6 is 11.3 Å². The van der Waals surface area contributed by atoms with Crippen LogP contribution in [0.25, 0.3) is 0 Å². The molecule has 0 spiro atoms. The van der Waals surface area contributed by atoms with Crippen LogP contribution in [-0.2, 0) is 0 Å². The summed E-state index contributed by atoms with van der Waals surface area (Å²) in [6, 6.07) is 0. The van der Waals surface area contributed by atoms with E-state index in [-0.39, 0.29) is 17.9 Å². The van der Waals surface area contributed by atoms with E-state index in [1.807, 2.05) is 0 Å². The lowest BCUT2D eigenvalue weighted by Crippen LogP contribution is -2.16. The van der Waals surface area contributed by atoms with Crippen LogP contribution in [0.5, 0.6) is 0 Å². The van der Waals surface area contributed by atoms with Crippen molar-refractivity contribution in [2.45, 2.75) is 6.42 Å². The Morgan fingerprint density at radius 2 is 2.30 bits per heavy atom. The quantitative estimate of drug-likeness (QED) is 0.700. The number of thiazole rings is 1. The number of rotatable bonds is 3. The Balaban J connectivity index is 2.03. The lowest BCUT2D eigenvalue weighted by molar-refractivity contribution is 0.102. The average Bonchev–Trinajstić information content (AvgIpc) is 2.87. The highest BCUT2D eigenvalue weighted by molar-refractivity contribution is 7.16. The third-order valence-electron chi connectivity index (χ3n) is 2.08. The first-order valence-electron chi connectivity index (χ1n) is 5.60. The van der Waals surface area contributed by atoms with E-state index in [1.165, 1.54) is 23.7 Å². The molecule has 2 aromatic rings. The number of hydrogen-bond donors (Lipinski definition) is 3. The Bertz CT molecular complexity index is 706. The van der Waals surface area contributed by atoms with Crippen molar-refractivity contribution < 1.29 is 9.90 Å². The number of nitrogens with zero attached hydrogens (tertiary/aromatic N) is 2. The maximum atomic E-state index is 11.8. The Kier molecular flexibility index (Phi) is 4.60. The number of nitrogens with one attached hydrogen (secondary N) is 2. The topological polar surface area (TPSA) is 108 Å². The molecule has 7 nitrogen and oxygen atoms in total. The van der Waals surface area contributed by atoms with Crippen LogP contribution in [0.2, 0.25) is 0 Å². The van der Waals surface area contributed by atoms with Crippen molar-refractivity contribution in [1.82, 2.24) is 15.0 Å². The molecule has 2 aromatic heterocycles. The maximum absolute atomic E-state index is 11.8. The van der Waals surface area contributed by atoms with E-state index in [1.54, 1.807) is 0 Å². The minimum absolute atomic E-state index is 0.00722. The van der Waals surface area contributed by atoms with Crippen molar-refractivity contribution in [3.05, 3.63) is 39.5 Å². The molecule has 0 bridgehead atoms. The molecule has 2 heterocycles. The molecule has 0 fully saturated rings. The summed E-state index contributed by atoms with van der Waals surface area (Å²) in [6.07, 6.45) is 4.18. The van der Waals surface area contributed by atoms with E-state index < -0.39 is 5.91 Å². The third kappa shape index (κ3) is 3.74. The number of H-pyrrole nitrogens is 1. The fraction of sp³-hybridized carbons (Fsp3) is 0.167. The molecule has 1 amide bonds. The van der Waals surface area contributed by atoms with Crippen LogP contribution in [0.4, 0.5) is 5.13 Å². The van der Waals surface area contributed by atoms with Gasteiger partial charge in [-0.25, -0.2) is 9.97 Å². The molecule has 102 valence electrons.